The molecule has 3 N–H and O–H groups in total. The number of hydrogen-bond acceptors (Lipinski definition) is 11. The van der Waals surface area contributed by atoms with Gasteiger partial charge in [0.15, 0.2) is 9.84 Å². The standard InChI is InChI=1S/C32H31N7O5S/c33-15-23-18-35-27-14-29(44-24-8-11-43-19-24)28(38-30(40)12-21-6-9-34-10-7-21)13-26(27)31(23)39-32-36-16-22(17-37-32)20-45(41,42)25-4-2-1-3-5-25/h1-5,12-14,16-18,24,34H,6-11,19-20H2,(H,38,40)(H,35,36,37,39). The van der Waals surface area contributed by atoms with Gasteiger partial charge in [-0.3, -0.25) is 9.78 Å². The van der Waals surface area contributed by atoms with Crippen LogP contribution in [0, 0.1) is 11.3 Å². The first kappa shape index (κ1) is 30.1. The lowest BCUT2D eigenvalue weighted by Crippen LogP contribution is -2.24. The predicted molar refractivity (Wildman–Crippen MR) is 168 cm³/mol. The average molecular weight is 626 g/mol. The molecule has 0 radical (unpaired) electrons. The number of carbonyl (C=O) groups excluding carboxylic acids is 1. The Kier molecular flexibility index (Phi) is 8.97. The first-order valence-electron chi connectivity index (χ1n) is 14.6. The van der Waals surface area contributed by atoms with E-state index in [0.717, 1.165) is 37.9 Å². The van der Waals surface area contributed by atoms with Crippen LogP contribution >= 0.6 is 0 Å². The van der Waals surface area contributed by atoms with Crippen molar-refractivity contribution >= 4 is 44.0 Å². The van der Waals surface area contributed by atoms with E-state index in [0.29, 0.717) is 46.8 Å². The molecule has 1 unspecified atom stereocenters. The molecule has 2 saturated heterocycles. The predicted octanol–water partition coefficient (Wildman–Crippen LogP) is 4.03. The van der Waals surface area contributed by atoms with Gasteiger partial charge in [0.25, 0.3) is 0 Å². The number of carbonyl (C=O) groups is 1. The van der Waals surface area contributed by atoms with Crippen LogP contribution in [0.2, 0.25) is 0 Å². The fraction of sp³-hybridized carbons (Fsp3) is 0.281. The smallest absolute Gasteiger partial charge is 0.248 e. The lowest BCUT2D eigenvalue weighted by Gasteiger charge is -2.19. The third-order valence-corrected chi connectivity index (χ3v) is 9.22. The van der Waals surface area contributed by atoms with Gasteiger partial charge in [0.2, 0.25) is 11.9 Å². The quantitative estimate of drug-likeness (QED) is 0.230. The van der Waals surface area contributed by atoms with Crippen molar-refractivity contribution in [3.8, 4) is 11.8 Å². The van der Waals surface area contributed by atoms with Gasteiger partial charge in [0.1, 0.15) is 17.9 Å². The van der Waals surface area contributed by atoms with Gasteiger partial charge in [-0.15, -0.1) is 0 Å². The summed E-state index contributed by atoms with van der Waals surface area (Å²) in [6.45, 7) is 2.69. The minimum Gasteiger partial charge on any atom is -0.486 e. The third kappa shape index (κ3) is 7.26. The van der Waals surface area contributed by atoms with Crippen molar-refractivity contribution in [2.45, 2.75) is 36.0 Å². The van der Waals surface area contributed by atoms with Gasteiger partial charge in [-0.2, -0.15) is 5.26 Å². The van der Waals surface area contributed by atoms with E-state index in [9.17, 15) is 18.5 Å². The van der Waals surface area contributed by atoms with E-state index in [1.54, 1.807) is 48.5 Å². The summed E-state index contributed by atoms with van der Waals surface area (Å²) in [5, 5.41) is 19.8. The highest BCUT2D eigenvalue weighted by Crippen LogP contribution is 2.37. The Bertz CT molecular complexity index is 1880. The van der Waals surface area contributed by atoms with Crippen molar-refractivity contribution in [2.75, 3.05) is 36.9 Å². The van der Waals surface area contributed by atoms with Crippen LogP contribution in [-0.2, 0) is 25.1 Å². The van der Waals surface area contributed by atoms with E-state index < -0.39 is 9.84 Å². The zero-order valence-corrected chi connectivity index (χ0v) is 25.1. The number of sulfone groups is 1. The maximum Gasteiger partial charge on any atom is 0.248 e. The normalized spacial score (nSPS) is 16.6. The van der Waals surface area contributed by atoms with Crippen molar-refractivity contribution in [2.24, 2.45) is 0 Å². The van der Waals surface area contributed by atoms with Crippen LogP contribution < -0.4 is 20.7 Å². The SMILES string of the molecule is N#Cc1cnc2cc(OC3CCOC3)c(NC(=O)C=C3CCNCC3)cc2c1Nc1ncc(CS(=O)(=O)c2ccccc2)cn1. The second-order valence-corrected chi connectivity index (χ2v) is 12.8. The topological polar surface area (TPSA) is 168 Å². The molecule has 13 heteroatoms. The molecule has 2 aliphatic heterocycles. The van der Waals surface area contributed by atoms with Crippen LogP contribution in [0.15, 0.2) is 77.6 Å². The first-order chi connectivity index (χ1) is 21.9. The number of amides is 1. The zero-order chi connectivity index (χ0) is 31.2. The Morgan fingerprint density at radius 2 is 1.89 bits per heavy atom. The molecule has 1 amide bonds. The fourth-order valence-corrected chi connectivity index (χ4v) is 6.53. The number of anilines is 3. The van der Waals surface area contributed by atoms with Crippen LogP contribution in [0.5, 0.6) is 5.75 Å². The fourth-order valence-electron chi connectivity index (χ4n) is 5.20. The van der Waals surface area contributed by atoms with Crippen LogP contribution in [0.3, 0.4) is 0 Å². The summed E-state index contributed by atoms with van der Waals surface area (Å²) in [7, 11) is -3.57. The molecule has 0 saturated carbocycles. The van der Waals surface area contributed by atoms with Gasteiger partial charge >= 0.3 is 0 Å². The highest BCUT2D eigenvalue weighted by molar-refractivity contribution is 7.90. The highest BCUT2D eigenvalue weighted by Gasteiger charge is 2.22. The minimum absolute atomic E-state index is 0.157. The maximum atomic E-state index is 13.1. The van der Waals surface area contributed by atoms with E-state index in [2.05, 4.69) is 37.0 Å². The molecule has 2 fully saturated rings. The summed E-state index contributed by atoms with van der Waals surface area (Å²) in [4.78, 5) is 26.4. The van der Waals surface area contributed by atoms with Crippen LogP contribution in [-0.4, -0.2) is 61.7 Å². The lowest BCUT2D eigenvalue weighted by atomic mass is 10.1. The molecular weight excluding hydrogens is 594 g/mol. The molecule has 0 aliphatic carbocycles. The molecule has 4 aromatic rings. The second-order valence-electron chi connectivity index (χ2n) is 10.8. The van der Waals surface area contributed by atoms with E-state index in [4.69, 9.17) is 9.47 Å². The van der Waals surface area contributed by atoms with E-state index in [1.165, 1.54) is 18.6 Å². The zero-order valence-electron chi connectivity index (χ0n) is 24.3. The Morgan fingerprint density at radius 1 is 1.11 bits per heavy atom. The number of aromatic nitrogens is 3. The van der Waals surface area contributed by atoms with Crippen LogP contribution in [0.4, 0.5) is 17.3 Å². The molecule has 2 aromatic heterocycles. The number of nitriles is 1. The van der Waals surface area contributed by atoms with Crippen molar-refractivity contribution in [1.29, 1.82) is 5.26 Å². The number of pyridine rings is 1. The van der Waals surface area contributed by atoms with Gasteiger partial charge in [0, 0.05) is 48.1 Å². The first-order valence-corrected chi connectivity index (χ1v) is 16.2. The molecule has 1 atom stereocenters. The molecule has 4 heterocycles. The number of nitrogens with one attached hydrogen (secondary N) is 3. The Balaban J connectivity index is 1.31. The van der Waals surface area contributed by atoms with E-state index in [1.807, 2.05) is 0 Å². The molecule has 230 valence electrons. The van der Waals surface area contributed by atoms with E-state index >= 15 is 0 Å². The molecule has 0 spiro atoms. The summed E-state index contributed by atoms with van der Waals surface area (Å²) in [6.07, 6.45) is 8.08. The lowest BCUT2D eigenvalue weighted by molar-refractivity contribution is -0.112. The van der Waals surface area contributed by atoms with Crippen molar-refractivity contribution in [1.82, 2.24) is 20.3 Å². The number of nitrogens with zero attached hydrogens (tertiary/aromatic N) is 4. The number of rotatable bonds is 9. The summed E-state index contributed by atoms with van der Waals surface area (Å²) in [6, 6.07) is 13.8. The Morgan fingerprint density at radius 3 is 2.60 bits per heavy atom. The molecular formula is C32H31N7O5S. The number of ether oxygens (including phenoxy) is 2. The monoisotopic (exact) mass is 625 g/mol. The number of fused-ring (bicyclic) bond motifs is 1. The van der Waals surface area contributed by atoms with Gasteiger partial charge in [-0.05, 0) is 44.1 Å². The largest absolute Gasteiger partial charge is 0.486 e. The van der Waals surface area contributed by atoms with Gasteiger partial charge in [-0.25, -0.2) is 18.4 Å². The number of piperidine rings is 1. The summed E-state index contributed by atoms with van der Waals surface area (Å²) < 4.78 is 37.3. The number of benzene rings is 2. The van der Waals surface area contributed by atoms with Crippen molar-refractivity contribution in [3.05, 3.63) is 83.8 Å². The van der Waals surface area contributed by atoms with Crippen molar-refractivity contribution in [3.63, 3.8) is 0 Å². The molecule has 45 heavy (non-hydrogen) atoms. The number of hydrogen-bond donors (Lipinski definition) is 3. The summed E-state index contributed by atoms with van der Waals surface area (Å²) in [5.41, 5.74) is 3.03. The Labute approximate surface area is 260 Å². The molecule has 6 rings (SSSR count). The van der Waals surface area contributed by atoms with E-state index in [-0.39, 0.29) is 34.2 Å². The van der Waals surface area contributed by atoms with Crippen LogP contribution in [0.25, 0.3) is 10.9 Å². The van der Waals surface area contributed by atoms with Crippen LogP contribution in [0.1, 0.15) is 30.4 Å². The van der Waals surface area contributed by atoms with Gasteiger partial charge in [-0.1, -0.05) is 23.8 Å². The maximum absolute atomic E-state index is 13.1. The highest BCUT2D eigenvalue weighted by atomic mass is 32.2. The third-order valence-electron chi connectivity index (χ3n) is 7.51. The second kappa shape index (κ2) is 13.4. The summed E-state index contributed by atoms with van der Waals surface area (Å²) in [5.74, 6) is 0.0636. The van der Waals surface area contributed by atoms with Crippen molar-refractivity contribution < 1.29 is 22.7 Å². The summed E-state index contributed by atoms with van der Waals surface area (Å²) >= 11 is 0. The molecule has 0 bridgehead atoms. The Hall–Kier alpha value is -4.90. The average Bonchev–Trinajstić information content (AvgIpc) is 3.56. The van der Waals surface area contributed by atoms with Gasteiger partial charge < -0.3 is 25.4 Å². The molecule has 2 aromatic carbocycles. The van der Waals surface area contributed by atoms with Gasteiger partial charge in [0.05, 0.1) is 46.3 Å². The minimum atomic E-state index is -3.57. The molecule has 12 nitrogen and oxygen atoms in total. The molecule has 2 aliphatic rings.